The third-order valence-corrected chi connectivity index (χ3v) is 13.4. The van der Waals surface area contributed by atoms with E-state index in [1.807, 2.05) is 24.8 Å². The number of hydrogen-bond donors (Lipinski definition) is 1. The van der Waals surface area contributed by atoms with Crippen LogP contribution in [0, 0.1) is 29.9 Å². The lowest BCUT2D eigenvalue weighted by Gasteiger charge is -2.35. The summed E-state index contributed by atoms with van der Waals surface area (Å²) >= 11 is 0.974. The van der Waals surface area contributed by atoms with Crippen molar-refractivity contribution in [1.82, 2.24) is 29.3 Å². The summed E-state index contributed by atoms with van der Waals surface area (Å²) in [5.41, 5.74) is 7.23. The second-order valence-electron chi connectivity index (χ2n) is 15.5. The van der Waals surface area contributed by atoms with Gasteiger partial charge in [0.05, 0.1) is 27.9 Å². The number of hydrogen-bond acceptors (Lipinski definition) is 10. The number of nitriles is 1. The second kappa shape index (κ2) is 13.4. The number of benzene rings is 2. The molecule has 5 aromatic rings. The summed E-state index contributed by atoms with van der Waals surface area (Å²) in [7, 11) is 0. The fourth-order valence-electron chi connectivity index (χ4n) is 9.51. The van der Waals surface area contributed by atoms with E-state index in [9.17, 15) is 14.4 Å². The number of imidazole rings is 1. The minimum absolute atomic E-state index is 0.0251. The number of carbonyl (C=O) groups excluding carboxylic acids is 1. The molecule has 1 amide bonds. The van der Waals surface area contributed by atoms with Gasteiger partial charge in [-0.3, -0.25) is 9.47 Å². The zero-order valence-electron chi connectivity index (χ0n) is 31.0. The van der Waals surface area contributed by atoms with Crippen LogP contribution < -0.4 is 15.4 Å². The Labute approximate surface area is 320 Å². The summed E-state index contributed by atoms with van der Waals surface area (Å²) in [4.78, 5) is 33.8. The summed E-state index contributed by atoms with van der Waals surface area (Å²) in [6.45, 7) is 8.11. The second-order valence-corrected chi connectivity index (χ2v) is 16.5. The van der Waals surface area contributed by atoms with Crippen LogP contribution in [0.1, 0.15) is 75.2 Å². The lowest BCUT2D eigenvalue weighted by atomic mass is 9.90. The number of ether oxygens (including phenoxy) is 1. The first-order chi connectivity index (χ1) is 26.5. The predicted molar refractivity (Wildman–Crippen MR) is 205 cm³/mol. The molecular formula is C40H42F3N9O2S. The average molecular weight is 770 g/mol. The number of likely N-dealkylation sites (N-methyl/N-ethyl adjacent to an activating group) is 1. The highest BCUT2D eigenvalue weighted by Crippen LogP contribution is 2.51. The van der Waals surface area contributed by atoms with Crippen LogP contribution in [-0.4, -0.2) is 91.9 Å². The molecule has 3 saturated heterocycles. The first kappa shape index (κ1) is 35.7. The van der Waals surface area contributed by atoms with Gasteiger partial charge in [-0.25, -0.2) is 22.9 Å². The first-order valence-electron chi connectivity index (χ1n) is 19.1. The molecule has 2 aromatic carbocycles. The van der Waals surface area contributed by atoms with E-state index in [0.29, 0.717) is 55.1 Å². The van der Waals surface area contributed by atoms with Crippen LogP contribution in [0.5, 0.6) is 6.01 Å². The molecule has 0 bridgehead atoms. The van der Waals surface area contributed by atoms with Crippen LogP contribution in [0.15, 0.2) is 30.6 Å². The minimum atomic E-state index is -0.953. The van der Waals surface area contributed by atoms with Crippen LogP contribution in [0.3, 0.4) is 0 Å². The van der Waals surface area contributed by atoms with Crippen molar-refractivity contribution in [2.45, 2.75) is 89.0 Å². The van der Waals surface area contributed by atoms with Crippen LogP contribution in [0.4, 0.5) is 28.8 Å². The predicted octanol–water partition coefficient (Wildman–Crippen LogP) is 7.54. The average Bonchev–Trinajstić information content (AvgIpc) is 3.38. The fraction of sp³-hybridized carbons (Fsp3) is 0.475. The van der Waals surface area contributed by atoms with Crippen LogP contribution in [0.2, 0.25) is 0 Å². The highest BCUT2D eigenvalue weighted by molar-refractivity contribution is 7.23. The molecule has 0 unspecified atom stereocenters. The van der Waals surface area contributed by atoms with Crippen LogP contribution in [0.25, 0.3) is 32.1 Å². The van der Waals surface area contributed by atoms with Crippen molar-refractivity contribution in [2.24, 2.45) is 0 Å². The number of thiophene rings is 1. The standard InChI is InChI=1S/C40H42F3N9O2S/c1-4-50(30-10-14-51(21(30)2)39(53)52-15-12-46-22(52)3)37-27-16-26(23-6-7-23)31(25-8-9-29(42)35-32(25)28(18-44)36(45)55-35)33(43)34(27)47-38(48-37)54-20-40-11-5-13-49(40)19-24(41)17-40/h8-9,12,15-16,21,23-24,30H,4-7,10-11,13-14,17,19-20,45H2,1-3H3/t21-,24-,30-,40+/m1/s1. The molecule has 4 atom stereocenters. The van der Waals surface area contributed by atoms with E-state index >= 15 is 8.78 Å². The van der Waals surface area contributed by atoms with Crippen molar-refractivity contribution >= 4 is 49.2 Å². The van der Waals surface area contributed by atoms with Crippen LogP contribution >= 0.6 is 11.3 Å². The molecular weight excluding hydrogens is 728 g/mol. The molecule has 3 aliphatic heterocycles. The zero-order valence-corrected chi connectivity index (χ0v) is 31.8. The lowest BCUT2D eigenvalue weighted by Crippen LogP contribution is -2.47. The molecule has 2 N–H and O–H groups in total. The van der Waals surface area contributed by atoms with Gasteiger partial charge in [0.25, 0.3) is 0 Å². The van der Waals surface area contributed by atoms with Crippen molar-refractivity contribution in [1.29, 1.82) is 5.26 Å². The fourth-order valence-corrected chi connectivity index (χ4v) is 10.5. The first-order valence-corrected chi connectivity index (χ1v) is 19.9. The van der Waals surface area contributed by atoms with Gasteiger partial charge in [0.15, 0.2) is 5.82 Å². The van der Waals surface area contributed by atoms with Crippen molar-refractivity contribution in [3.63, 3.8) is 0 Å². The number of fused-ring (bicyclic) bond motifs is 3. The number of halogens is 3. The van der Waals surface area contributed by atoms with E-state index in [0.717, 1.165) is 49.1 Å². The van der Waals surface area contributed by atoms with Gasteiger partial charge >= 0.3 is 12.0 Å². The summed E-state index contributed by atoms with van der Waals surface area (Å²) in [5.74, 6) is -0.0358. The minimum Gasteiger partial charge on any atom is -0.461 e. The van der Waals surface area contributed by atoms with Gasteiger partial charge in [-0.1, -0.05) is 6.07 Å². The van der Waals surface area contributed by atoms with Gasteiger partial charge < -0.3 is 20.3 Å². The SMILES string of the molecule is CCN(c1nc(OC[C@@]23CCCN2C[C@H](F)C3)nc2c(F)c(-c3ccc(F)c4sc(N)c(C#N)c34)c(C3CC3)cc12)[C@@H]1CCN(C(=O)n2ccnc2C)[C@@H]1C. The lowest BCUT2D eigenvalue weighted by molar-refractivity contribution is 0.107. The summed E-state index contributed by atoms with van der Waals surface area (Å²) in [6, 6.07) is 6.28. The van der Waals surface area contributed by atoms with Gasteiger partial charge in [0.1, 0.15) is 46.8 Å². The molecule has 0 radical (unpaired) electrons. The van der Waals surface area contributed by atoms with E-state index in [1.54, 1.807) is 23.9 Å². The van der Waals surface area contributed by atoms with Crippen molar-refractivity contribution in [3.8, 4) is 23.2 Å². The zero-order chi connectivity index (χ0) is 38.3. The van der Waals surface area contributed by atoms with E-state index < -0.39 is 23.3 Å². The van der Waals surface area contributed by atoms with Crippen LogP contribution in [-0.2, 0) is 0 Å². The number of amides is 1. The topological polar surface area (TPSA) is 129 Å². The smallest absolute Gasteiger partial charge is 0.329 e. The third-order valence-electron chi connectivity index (χ3n) is 12.4. The Hall–Kier alpha value is -4.94. The summed E-state index contributed by atoms with van der Waals surface area (Å²) in [6.07, 6.45) is 6.70. The number of alkyl halides is 1. The molecule has 15 heteroatoms. The summed E-state index contributed by atoms with van der Waals surface area (Å²) < 4.78 is 55.8. The number of carbonyl (C=O) groups is 1. The molecule has 286 valence electrons. The van der Waals surface area contributed by atoms with E-state index in [4.69, 9.17) is 20.4 Å². The number of nitrogens with zero attached hydrogens (tertiary/aromatic N) is 8. The Bertz CT molecular complexity index is 2410. The van der Waals surface area contributed by atoms with Crippen molar-refractivity contribution in [3.05, 3.63) is 59.2 Å². The molecule has 4 aliphatic rings. The van der Waals surface area contributed by atoms with Crippen molar-refractivity contribution in [2.75, 3.05) is 43.4 Å². The summed E-state index contributed by atoms with van der Waals surface area (Å²) in [5, 5.41) is 11.0. The Balaban J connectivity index is 1.21. The molecule has 9 rings (SSSR count). The maximum absolute atomic E-state index is 17.7. The highest BCUT2D eigenvalue weighted by atomic mass is 32.1. The number of nitrogens with two attached hydrogens (primary N) is 1. The third kappa shape index (κ3) is 5.70. The van der Waals surface area contributed by atoms with E-state index in [2.05, 4.69) is 20.9 Å². The maximum Gasteiger partial charge on any atom is 0.329 e. The van der Waals surface area contributed by atoms with Gasteiger partial charge in [-0.2, -0.15) is 15.2 Å². The molecule has 1 saturated carbocycles. The monoisotopic (exact) mass is 769 g/mol. The van der Waals surface area contributed by atoms with Crippen molar-refractivity contribution < 1.29 is 22.7 Å². The van der Waals surface area contributed by atoms with Gasteiger partial charge in [-0.05, 0) is 88.6 Å². The molecule has 55 heavy (non-hydrogen) atoms. The number of aromatic nitrogens is 4. The van der Waals surface area contributed by atoms with Gasteiger partial charge in [0.2, 0.25) is 0 Å². The molecule has 6 heterocycles. The molecule has 0 spiro atoms. The normalized spacial score (nSPS) is 23.9. The number of likely N-dealkylation sites (tertiary alicyclic amines) is 1. The van der Waals surface area contributed by atoms with E-state index in [1.165, 1.54) is 12.1 Å². The number of anilines is 2. The number of nitrogen functional groups attached to an aromatic ring is 1. The Morgan fingerprint density at radius 2 is 2.04 bits per heavy atom. The molecule has 3 aromatic heterocycles. The maximum atomic E-state index is 17.7. The largest absolute Gasteiger partial charge is 0.461 e. The Morgan fingerprint density at radius 3 is 2.76 bits per heavy atom. The van der Waals surface area contributed by atoms with Gasteiger partial charge in [0, 0.05) is 54.8 Å². The Morgan fingerprint density at radius 1 is 1.22 bits per heavy atom. The molecule has 1 aliphatic carbocycles. The quantitative estimate of drug-likeness (QED) is 0.170. The molecule has 11 nitrogen and oxygen atoms in total. The number of aryl methyl sites for hydroxylation is 1. The van der Waals surface area contributed by atoms with Gasteiger partial charge in [-0.15, -0.1) is 11.3 Å². The highest BCUT2D eigenvalue weighted by Gasteiger charge is 2.49. The number of rotatable bonds is 8. The Kier molecular flexibility index (Phi) is 8.69. The molecule has 4 fully saturated rings. The van der Waals surface area contributed by atoms with E-state index in [-0.39, 0.29) is 68.4 Å².